The Morgan fingerprint density at radius 2 is 1.27 bits per heavy atom. The first kappa shape index (κ1) is 19.0. The Hall–Kier alpha value is -2.98. The molecule has 4 heteroatoms. The molecule has 2 bridgehead atoms. The van der Waals surface area contributed by atoms with Crippen molar-refractivity contribution in [2.24, 2.45) is 23.7 Å². The van der Waals surface area contributed by atoms with Crippen molar-refractivity contribution in [2.45, 2.75) is 0 Å². The number of carbonyl (C=O) groups excluding carboxylic acids is 2. The fraction of sp³-hybridized carbons (Fsp3) is 0.308. The second kappa shape index (κ2) is 7.37. The van der Waals surface area contributed by atoms with Crippen LogP contribution in [-0.2, 0) is 9.59 Å². The van der Waals surface area contributed by atoms with E-state index in [4.69, 9.17) is 0 Å². The Morgan fingerprint density at radius 1 is 0.800 bits per heavy atom. The standard InChI is InChI=1S/C26H26N2O2/c1-27(2)15-16-28-25(29)23-19-13-14-20(24(23)26(28)30)22(19)21(17-9-5-3-6-10-17)18-11-7-4-8-12-18/h3-14,19-20,23-24H,15-16H2,1-2H3. The molecular formula is C26H26N2O2. The summed E-state index contributed by atoms with van der Waals surface area (Å²) < 4.78 is 0. The minimum Gasteiger partial charge on any atom is -0.308 e. The summed E-state index contributed by atoms with van der Waals surface area (Å²) in [5, 5.41) is 0. The van der Waals surface area contributed by atoms with Crippen LogP contribution in [0.2, 0.25) is 0 Å². The maximum Gasteiger partial charge on any atom is 0.234 e. The van der Waals surface area contributed by atoms with Crippen LogP contribution in [0.5, 0.6) is 0 Å². The van der Waals surface area contributed by atoms with Gasteiger partial charge in [0.2, 0.25) is 11.8 Å². The molecule has 1 aliphatic heterocycles. The van der Waals surface area contributed by atoms with E-state index in [-0.39, 0.29) is 35.5 Å². The molecule has 2 aromatic rings. The van der Waals surface area contributed by atoms with Gasteiger partial charge >= 0.3 is 0 Å². The maximum absolute atomic E-state index is 13.3. The van der Waals surface area contributed by atoms with Crippen LogP contribution >= 0.6 is 0 Å². The fourth-order valence-electron chi connectivity index (χ4n) is 5.39. The second-order valence-corrected chi connectivity index (χ2v) is 8.68. The smallest absolute Gasteiger partial charge is 0.234 e. The number of imide groups is 1. The normalized spacial score (nSPS) is 26.8. The van der Waals surface area contributed by atoms with Crippen molar-refractivity contribution in [2.75, 3.05) is 27.2 Å². The van der Waals surface area contributed by atoms with Gasteiger partial charge in [0, 0.05) is 24.9 Å². The van der Waals surface area contributed by atoms with Gasteiger partial charge in [0.25, 0.3) is 0 Å². The number of nitrogens with zero attached hydrogens (tertiary/aromatic N) is 2. The van der Waals surface area contributed by atoms with Gasteiger partial charge in [0.1, 0.15) is 0 Å². The van der Waals surface area contributed by atoms with E-state index in [0.29, 0.717) is 13.1 Å². The van der Waals surface area contributed by atoms with Crippen LogP contribution in [0.15, 0.2) is 78.4 Å². The van der Waals surface area contributed by atoms with E-state index in [1.54, 1.807) is 0 Å². The van der Waals surface area contributed by atoms with Gasteiger partial charge in [-0.25, -0.2) is 0 Å². The van der Waals surface area contributed by atoms with Crippen LogP contribution in [-0.4, -0.2) is 48.8 Å². The Morgan fingerprint density at radius 3 is 1.70 bits per heavy atom. The van der Waals surface area contributed by atoms with Crippen molar-refractivity contribution in [1.82, 2.24) is 9.80 Å². The molecular weight excluding hydrogens is 372 g/mol. The molecule has 30 heavy (non-hydrogen) atoms. The largest absolute Gasteiger partial charge is 0.308 e. The number of benzene rings is 2. The summed E-state index contributed by atoms with van der Waals surface area (Å²) in [7, 11) is 3.92. The number of allylic oxidation sites excluding steroid dienone is 3. The first-order valence-corrected chi connectivity index (χ1v) is 10.6. The van der Waals surface area contributed by atoms with E-state index in [0.717, 1.165) is 11.1 Å². The monoisotopic (exact) mass is 398 g/mol. The van der Waals surface area contributed by atoms with E-state index in [2.05, 4.69) is 36.4 Å². The number of rotatable bonds is 5. The third-order valence-corrected chi connectivity index (χ3v) is 6.69. The number of hydrogen-bond donors (Lipinski definition) is 0. The first-order chi connectivity index (χ1) is 14.6. The van der Waals surface area contributed by atoms with Crippen molar-refractivity contribution < 1.29 is 9.59 Å². The zero-order valence-electron chi connectivity index (χ0n) is 17.4. The van der Waals surface area contributed by atoms with Gasteiger partial charge in [0.15, 0.2) is 0 Å². The van der Waals surface area contributed by atoms with Gasteiger partial charge in [-0.1, -0.05) is 72.8 Å². The van der Waals surface area contributed by atoms with E-state index in [1.807, 2.05) is 55.4 Å². The summed E-state index contributed by atoms with van der Waals surface area (Å²) in [4.78, 5) is 30.1. The molecule has 5 rings (SSSR count). The van der Waals surface area contributed by atoms with Crippen LogP contribution in [0.1, 0.15) is 11.1 Å². The zero-order chi connectivity index (χ0) is 20.8. The zero-order valence-corrected chi connectivity index (χ0v) is 17.4. The highest BCUT2D eigenvalue weighted by molar-refractivity contribution is 6.08. The lowest BCUT2D eigenvalue weighted by molar-refractivity contribution is -0.140. The van der Waals surface area contributed by atoms with Gasteiger partial charge in [-0.3, -0.25) is 14.5 Å². The summed E-state index contributed by atoms with van der Waals surface area (Å²) in [5.41, 5.74) is 4.69. The van der Waals surface area contributed by atoms with Crippen molar-refractivity contribution in [3.63, 3.8) is 0 Å². The third kappa shape index (κ3) is 2.86. The van der Waals surface area contributed by atoms with Crippen LogP contribution in [0.3, 0.4) is 0 Å². The van der Waals surface area contributed by atoms with Gasteiger partial charge in [-0.2, -0.15) is 0 Å². The van der Waals surface area contributed by atoms with E-state index < -0.39 is 0 Å². The number of likely N-dealkylation sites (tertiary alicyclic amines) is 1. The fourth-order valence-corrected chi connectivity index (χ4v) is 5.39. The minimum absolute atomic E-state index is 0.00155. The molecule has 4 nitrogen and oxygen atoms in total. The second-order valence-electron chi connectivity index (χ2n) is 8.68. The molecule has 0 aromatic heterocycles. The lowest BCUT2D eigenvalue weighted by Crippen LogP contribution is -2.38. The Kier molecular flexibility index (Phi) is 4.67. The van der Waals surface area contributed by atoms with Crippen LogP contribution in [0, 0.1) is 23.7 Å². The quantitative estimate of drug-likeness (QED) is 0.572. The number of amides is 2. The predicted octanol–water partition coefficient (Wildman–Crippen LogP) is 3.47. The molecule has 152 valence electrons. The van der Waals surface area contributed by atoms with E-state index in [1.165, 1.54) is 16.0 Å². The third-order valence-electron chi connectivity index (χ3n) is 6.69. The van der Waals surface area contributed by atoms with Gasteiger partial charge < -0.3 is 4.90 Å². The number of fused-ring (bicyclic) bond motifs is 5. The number of hydrogen-bond acceptors (Lipinski definition) is 3. The maximum atomic E-state index is 13.3. The molecule has 1 saturated carbocycles. The summed E-state index contributed by atoms with van der Waals surface area (Å²) in [6.45, 7) is 1.17. The van der Waals surface area contributed by atoms with Crippen molar-refractivity contribution >= 4 is 17.4 Å². The first-order valence-electron chi connectivity index (χ1n) is 10.6. The molecule has 4 atom stereocenters. The molecule has 3 aliphatic rings. The number of likely N-dealkylation sites (N-methyl/N-ethyl adjacent to an activating group) is 1. The average Bonchev–Trinajstić information content (AvgIpc) is 3.38. The van der Waals surface area contributed by atoms with Crippen molar-refractivity contribution in [3.8, 4) is 0 Å². The molecule has 2 fully saturated rings. The van der Waals surface area contributed by atoms with E-state index >= 15 is 0 Å². The van der Waals surface area contributed by atoms with Crippen molar-refractivity contribution in [3.05, 3.63) is 89.5 Å². The van der Waals surface area contributed by atoms with Crippen LogP contribution in [0.25, 0.3) is 5.57 Å². The summed E-state index contributed by atoms with van der Waals surface area (Å²) in [6.07, 6.45) is 4.32. The van der Waals surface area contributed by atoms with Crippen LogP contribution in [0.4, 0.5) is 0 Å². The molecule has 1 saturated heterocycles. The number of carbonyl (C=O) groups is 2. The molecule has 2 aromatic carbocycles. The SMILES string of the molecule is CN(C)CCN1C(=O)C2C3C=CC(C3=C(c3ccccc3)c3ccccc3)C2C1=O. The molecule has 1 heterocycles. The van der Waals surface area contributed by atoms with Gasteiger partial charge in [0.05, 0.1) is 11.8 Å². The molecule has 0 spiro atoms. The van der Waals surface area contributed by atoms with Crippen LogP contribution < -0.4 is 0 Å². The Labute approximate surface area is 177 Å². The molecule has 2 amide bonds. The summed E-state index contributed by atoms with van der Waals surface area (Å²) >= 11 is 0. The van der Waals surface area contributed by atoms with Crippen molar-refractivity contribution in [1.29, 1.82) is 0 Å². The summed E-state index contributed by atoms with van der Waals surface area (Å²) in [5.74, 6) is -0.519. The highest BCUT2D eigenvalue weighted by Crippen LogP contribution is 2.58. The highest BCUT2D eigenvalue weighted by atomic mass is 16.2. The molecule has 4 unspecified atom stereocenters. The average molecular weight is 399 g/mol. The molecule has 0 radical (unpaired) electrons. The molecule has 2 aliphatic carbocycles. The molecule has 0 N–H and O–H groups in total. The van der Waals surface area contributed by atoms with Gasteiger partial charge in [-0.15, -0.1) is 0 Å². The predicted molar refractivity (Wildman–Crippen MR) is 117 cm³/mol. The van der Waals surface area contributed by atoms with Gasteiger partial charge in [-0.05, 0) is 36.4 Å². The lowest BCUT2D eigenvalue weighted by Gasteiger charge is -2.22. The minimum atomic E-state index is -0.257. The highest BCUT2D eigenvalue weighted by Gasteiger charge is 2.61. The lowest BCUT2D eigenvalue weighted by atomic mass is 9.85. The Bertz CT molecular complexity index is 964. The topological polar surface area (TPSA) is 40.6 Å². The van der Waals surface area contributed by atoms with E-state index in [9.17, 15) is 9.59 Å². The Balaban J connectivity index is 1.60. The summed E-state index contributed by atoms with van der Waals surface area (Å²) in [6, 6.07) is 20.7.